The van der Waals surface area contributed by atoms with Gasteiger partial charge in [-0.25, -0.2) is 0 Å². The fourth-order valence-corrected chi connectivity index (χ4v) is 4.14. The molecule has 0 aromatic heterocycles. The van der Waals surface area contributed by atoms with Gasteiger partial charge >= 0.3 is 0 Å². The number of nitrogens with one attached hydrogen (secondary N) is 3. The van der Waals surface area contributed by atoms with Crippen LogP contribution < -0.4 is 16.0 Å². The predicted octanol–water partition coefficient (Wildman–Crippen LogP) is 3.00. The van der Waals surface area contributed by atoms with Crippen LogP contribution in [0.25, 0.3) is 0 Å². The highest BCUT2D eigenvalue weighted by Gasteiger charge is 2.25. The van der Waals surface area contributed by atoms with Gasteiger partial charge in [0.05, 0.1) is 18.6 Å². The lowest BCUT2D eigenvalue weighted by Crippen LogP contribution is -2.49. The molecule has 0 saturated carbocycles. The van der Waals surface area contributed by atoms with Crippen LogP contribution in [0.3, 0.4) is 0 Å². The van der Waals surface area contributed by atoms with E-state index in [9.17, 15) is 19.5 Å². The summed E-state index contributed by atoms with van der Waals surface area (Å²) in [6.07, 6.45) is 9.31. The molecule has 0 spiro atoms. The summed E-state index contributed by atoms with van der Waals surface area (Å²) in [5.41, 5.74) is 0.973. The molecule has 1 aromatic rings. The molecular weight excluding hydrogens is 418 g/mol. The molecule has 0 radical (unpaired) electrons. The van der Waals surface area contributed by atoms with Gasteiger partial charge in [-0.1, -0.05) is 75.3 Å². The first-order valence-corrected chi connectivity index (χ1v) is 12.5. The zero-order valence-electron chi connectivity index (χ0n) is 20.0. The molecule has 3 atom stereocenters. The number of benzene rings is 1. The minimum Gasteiger partial charge on any atom is -0.390 e. The first kappa shape index (κ1) is 26.8. The largest absolute Gasteiger partial charge is 0.390 e. The van der Waals surface area contributed by atoms with Crippen molar-refractivity contribution in [3.63, 3.8) is 0 Å². The summed E-state index contributed by atoms with van der Waals surface area (Å²) < 4.78 is 0. The molecule has 3 amide bonds. The van der Waals surface area contributed by atoms with E-state index in [0.29, 0.717) is 19.4 Å². The van der Waals surface area contributed by atoms with Crippen LogP contribution in [0.1, 0.15) is 83.1 Å². The quantitative estimate of drug-likeness (QED) is 0.545. The molecule has 1 aromatic carbocycles. The molecule has 33 heavy (non-hydrogen) atoms. The van der Waals surface area contributed by atoms with Gasteiger partial charge in [0.25, 0.3) is 0 Å². The summed E-state index contributed by atoms with van der Waals surface area (Å²) in [5.74, 6) is -0.741. The summed E-state index contributed by atoms with van der Waals surface area (Å²) in [6, 6.07) is 8.34. The molecule has 7 nitrogen and oxygen atoms in total. The second-order valence-electron chi connectivity index (χ2n) is 9.15. The third-order valence-electron chi connectivity index (χ3n) is 6.15. The SMILES string of the molecule is C[C@@H]1NC(=O)C[C@H](O)[C@H](Cc2ccccc2)NC(=O)CCCCCCCCCCCNC1=O. The fraction of sp³-hybridized carbons (Fsp3) is 0.654. The molecule has 0 bridgehead atoms. The molecule has 184 valence electrons. The van der Waals surface area contributed by atoms with Gasteiger partial charge in [-0.2, -0.15) is 0 Å². The van der Waals surface area contributed by atoms with Crippen LogP contribution in [0.4, 0.5) is 0 Å². The number of aliphatic hydroxyl groups is 1. The van der Waals surface area contributed by atoms with E-state index >= 15 is 0 Å². The highest BCUT2D eigenvalue weighted by atomic mass is 16.3. The normalized spacial score (nSPS) is 25.8. The summed E-state index contributed by atoms with van der Waals surface area (Å²) in [4.78, 5) is 37.3. The number of aliphatic hydroxyl groups excluding tert-OH is 1. The Morgan fingerprint density at radius 2 is 1.42 bits per heavy atom. The second-order valence-corrected chi connectivity index (χ2v) is 9.15. The molecule has 2 rings (SSSR count). The highest BCUT2D eigenvalue weighted by molar-refractivity contribution is 5.87. The Morgan fingerprint density at radius 1 is 0.818 bits per heavy atom. The number of hydrogen-bond donors (Lipinski definition) is 4. The minimum atomic E-state index is -1.06. The number of hydrogen-bond acceptors (Lipinski definition) is 4. The van der Waals surface area contributed by atoms with Gasteiger partial charge in [0.1, 0.15) is 6.04 Å². The van der Waals surface area contributed by atoms with Crippen molar-refractivity contribution in [2.24, 2.45) is 0 Å². The Morgan fingerprint density at radius 3 is 2.09 bits per heavy atom. The van der Waals surface area contributed by atoms with Crippen LogP contribution in [-0.2, 0) is 20.8 Å². The highest BCUT2D eigenvalue weighted by Crippen LogP contribution is 2.13. The van der Waals surface area contributed by atoms with Crippen LogP contribution in [-0.4, -0.2) is 47.6 Å². The van der Waals surface area contributed by atoms with E-state index in [-0.39, 0.29) is 18.2 Å². The summed E-state index contributed by atoms with van der Waals surface area (Å²) in [6.45, 7) is 2.24. The van der Waals surface area contributed by atoms with Crippen molar-refractivity contribution in [2.75, 3.05) is 6.54 Å². The van der Waals surface area contributed by atoms with Gasteiger partial charge < -0.3 is 21.1 Å². The van der Waals surface area contributed by atoms with E-state index in [2.05, 4.69) is 16.0 Å². The molecule has 4 N–H and O–H groups in total. The zero-order chi connectivity index (χ0) is 23.9. The Balaban J connectivity index is 2.01. The van der Waals surface area contributed by atoms with Crippen LogP contribution >= 0.6 is 0 Å². The molecular formula is C26H41N3O4. The lowest BCUT2D eigenvalue weighted by Gasteiger charge is -2.25. The van der Waals surface area contributed by atoms with Crippen molar-refractivity contribution < 1.29 is 19.5 Å². The maximum Gasteiger partial charge on any atom is 0.242 e. The van der Waals surface area contributed by atoms with Gasteiger partial charge in [-0.15, -0.1) is 0 Å². The number of carbonyl (C=O) groups is 3. The van der Waals surface area contributed by atoms with Crippen molar-refractivity contribution >= 4 is 17.7 Å². The van der Waals surface area contributed by atoms with Crippen molar-refractivity contribution in [1.29, 1.82) is 0 Å². The number of amides is 3. The number of carbonyl (C=O) groups excluding carboxylic acids is 3. The number of rotatable bonds is 2. The van der Waals surface area contributed by atoms with Gasteiger partial charge in [-0.3, -0.25) is 14.4 Å². The van der Waals surface area contributed by atoms with E-state index < -0.39 is 24.1 Å². The minimum absolute atomic E-state index is 0.103. The molecule has 1 heterocycles. The third-order valence-corrected chi connectivity index (χ3v) is 6.15. The van der Waals surface area contributed by atoms with Gasteiger partial charge in [0, 0.05) is 13.0 Å². The fourth-order valence-electron chi connectivity index (χ4n) is 4.14. The first-order valence-electron chi connectivity index (χ1n) is 12.5. The Labute approximate surface area is 198 Å². The van der Waals surface area contributed by atoms with Crippen molar-refractivity contribution in [3.8, 4) is 0 Å². The van der Waals surface area contributed by atoms with Crippen molar-refractivity contribution in [2.45, 2.75) is 102 Å². The summed E-state index contributed by atoms with van der Waals surface area (Å²) in [5, 5.41) is 19.3. The molecule has 1 fully saturated rings. The maximum atomic E-state index is 12.5. The van der Waals surface area contributed by atoms with Gasteiger partial charge in [0.15, 0.2) is 0 Å². The lowest BCUT2D eigenvalue weighted by molar-refractivity contribution is -0.130. The second kappa shape index (κ2) is 15.4. The smallest absolute Gasteiger partial charge is 0.242 e. The van der Waals surface area contributed by atoms with Crippen molar-refractivity contribution in [1.82, 2.24) is 16.0 Å². The standard InChI is InChI=1S/C26H41N3O4/c1-20-26(33)27-17-13-8-6-4-2-3-5-7-12-16-24(31)29-22(23(30)19-25(32)28-20)18-21-14-10-9-11-15-21/h9-11,14-15,20,22-23,30H,2-8,12-13,16-19H2,1H3,(H,27,33)(H,28,32)(H,29,31)/t20-,22-,23-/m0/s1. The van der Waals surface area contributed by atoms with E-state index in [1.54, 1.807) is 6.92 Å². The third kappa shape index (κ3) is 11.3. The summed E-state index contributed by atoms with van der Waals surface area (Å²) in [7, 11) is 0. The molecule has 1 aliphatic rings. The molecule has 0 aliphatic carbocycles. The molecule has 7 heteroatoms. The Bertz CT molecular complexity index is 726. The van der Waals surface area contributed by atoms with Crippen molar-refractivity contribution in [3.05, 3.63) is 35.9 Å². The topological polar surface area (TPSA) is 108 Å². The molecule has 0 unspecified atom stereocenters. The van der Waals surface area contributed by atoms with Crippen LogP contribution in [0.2, 0.25) is 0 Å². The first-order chi connectivity index (χ1) is 16.0. The maximum absolute atomic E-state index is 12.5. The van der Waals surface area contributed by atoms with Crippen LogP contribution in [0, 0.1) is 0 Å². The summed E-state index contributed by atoms with van der Waals surface area (Å²) >= 11 is 0. The van der Waals surface area contributed by atoms with Gasteiger partial charge in [-0.05, 0) is 31.7 Å². The van der Waals surface area contributed by atoms with Crippen LogP contribution in [0.15, 0.2) is 30.3 Å². The van der Waals surface area contributed by atoms with Gasteiger partial charge in [0.2, 0.25) is 17.7 Å². The Hall–Kier alpha value is -2.41. The monoisotopic (exact) mass is 459 g/mol. The average molecular weight is 460 g/mol. The Kier molecular flexibility index (Phi) is 12.6. The molecule has 1 saturated heterocycles. The predicted molar refractivity (Wildman–Crippen MR) is 129 cm³/mol. The molecule has 1 aliphatic heterocycles. The van der Waals surface area contributed by atoms with E-state index in [1.807, 2.05) is 30.3 Å². The lowest BCUT2D eigenvalue weighted by atomic mass is 9.98. The average Bonchev–Trinajstić information content (AvgIpc) is 2.79. The van der Waals surface area contributed by atoms with E-state index in [0.717, 1.165) is 44.1 Å². The van der Waals surface area contributed by atoms with Crippen LogP contribution in [0.5, 0.6) is 0 Å². The van der Waals surface area contributed by atoms with E-state index in [4.69, 9.17) is 0 Å². The zero-order valence-corrected chi connectivity index (χ0v) is 20.0. The van der Waals surface area contributed by atoms with E-state index in [1.165, 1.54) is 19.3 Å².